The van der Waals surface area contributed by atoms with E-state index in [0.717, 1.165) is 25.9 Å². The van der Waals surface area contributed by atoms with Gasteiger partial charge in [0, 0.05) is 13.1 Å². The monoisotopic (exact) mass is 295 g/mol. The second-order valence-corrected chi connectivity index (χ2v) is 6.45. The highest BCUT2D eigenvalue weighted by molar-refractivity contribution is 5.39. The van der Waals surface area contributed by atoms with Gasteiger partial charge >= 0.3 is 0 Å². The maximum absolute atomic E-state index is 10.9. The minimum atomic E-state index is -0.343. The quantitative estimate of drug-likeness (QED) is 0.898. The predicted molar refractivity (Wildman–Crippen MR) is 90.4 cm³/mol. The zero-order chi connectivity index (χ0) is 15.6. The van der Waals surface area contributed by atoms with Crippen molar-refractivity contribution in [3.8, 4) is 0 Å². The summed E-state index contributed by atoms with van der Waals surface area (Å²) < 4.78 is 0. The Labute approximate surface area is 133 Å². The molecule has 1 N–H and O–H groups in total. The van der Waals surface area contributed by atoms with E-state index in [2.05, 4.69) is 67.3 Å². The lowest BCUT2D eigenvalue weighted by Gasteiger charge is -2.40. The van der Waals surface area contributed by atoms with E-state index in [9.17, 15) is 5.11 Å². The Balaban J connectivity index is 1.95. The molecule has 1 aliphatic heterocycles. The molecule has 1 aliphatic rings. The van der Waals surface area contributed by atoms with Gasteiger partial charge < -0.3 is 5.11 Å². The van der Waals surface area contributed by atoms with Crippen LogP contribution in [0.25, 0.3) is 0 Å². The number of hydrogen-bond donors (Lipinski definition) is 1. The smallest absolute Gasteiger partial charge is 0.0763 e. The lowest BCUT2D eigenvalue weighted by Crippen LogP contribution is -2.47. The first-order chi connectivity index (χ1) is 10.7. The first-order valence-electron chi connectivity index (χ1n) is 8.21. The average Bonchev–Trinajstić information content (AvgIpc) is 2.83. The molecule has 2 unspecified atom stereocenters. The molecule has 2 aromatic rings. The lowest BCUT2D eigenvalue weighted by atomic mass is 9.84. The van der Waals surface area contributed by atoms with Crippen molar-refractivity contribution < 1.29 is 5.11 Å². The van der Waals surface area contributed by atoms with Gasteiger partial charge in [0.25, 0.3) is 0 Å². The Kier molecular flexibility index (Phi) is 4.32. The summed E-state index contributed by atoms with van der Waals surface area (Å²) >= 11 is 0. The molecule has 2 nitrogen and oxygen atoms in total. The maximum Gasteiger partial charge on any atom is 0.0763 e. The van der Waals surface area contributed by atoms with Gasteiger partial charge in [0.05, 0.1) is 11.6 Å². The molecule has 2 aromatic carbocycles. The molecule has 0 aliphatic carbocycles. The standard InChI is InChI=1S/C20H25NO/c1-3-9-19(22)20(2)18-13-8-7-12-17(18)15-21(20)14-16-10-5-4-6-11-16/h4-8,10-13,19,22H,3,9,14-15H2,1-2H3. The molecule has 116 valence electrons. The summed E-state index contributed by atoms with van der Waals surface area (Å²) in [5.41, 5.74) is 3.62. The van der Waals surface area contributed by atoms with Crippen LogP contribution in [-0.4, -0.2) is 16.1 Å². The van der Waals surface area contributed by atoms with Gasteiger partial charge in [-0.05, 0) is 30.0 Å². The number of aliphatic hydroxyl groups excluding tert-OH is 1. The van der Waals surface area contributed by atoms with Crippen LogP contribution in [0.2, 0.25) is 0 Å². The highest BCUT2D eigenvalue weighted by atomic mass is 16.3. The molecule has 22 heavy (non-hydrogen) atoms. The molecule has 0 spiro atoms. The first-order valence-corrected chi connectivity index (χ1v) is 8.21. The summed E-state index contributed by atoms with van der Waals surface area (Å²) in [4.78, 5) is 2.42. The van der Waals surface area contributed by atoms with E-state index in [-0.39, 0.29) is 11.6 Å². The topological polar surface area (TPSA) is 23.5 Å². The van der Waals surface area contributed by atoms with Crippen LogP contribution in [0.5, 0.6) is 0 Å². The van der Waals surface area contributed by atoms with Gasteiger partial charge in [-0.1, -0.05) is 67.9 Å². The third kappa shape index (κ3) is 2.57. The summed E-state index contributed by atoms with van der Waals surface area (Å²) in [6, 6.07) is 19.1. The lowest BCUT2D eigenvalue weighted by molar-refractivity contribution is -0.0258. The van der Waals surface area contributed by atoms with Crippen molar-refractivity contribution >= 4 is 0 Å². The van der Waals surface area contributed by atoms with Gasteiger partial charge in [0.1, 0.15) is 0 Å². The first kappa shape index (κ1) is 15.3. The fourth-order valence-corrected chi connectivity index (χ4v) is 3.66. The normalized spacial score (nSPS) is 22.5. The van der Waals surface area contributed by atoms with Crippen molar-refractivity contribution in [3.63, 3.8) is 0 Å². The second-order valence-electron chi connectivity index (χ2n) is 6.45. The SMILES string of the molecule is CCCC(O)C1(C)c2ccccc2CN1Cc1ccccc1. The highest BCUT2D eigenvalue weighted by Crippen LogP contribution is 2.43. The number of hydrogen-bond acceptors (Lipinski definition) is 2. The van der Waals surface area contributed by atoms with E-state index in [1.807, 2.05) is 6.07 Å². The van der Waals surface area contributed by atoms with Crippen molar-refractivity contribution in [2.24, 2.45) is 0 Å². The fourth-order valence-electron chi connectivity index (χ4n) is 3.66. The van der Waals surface area contributed by atoms with Gasteiger partial charge in [-0.3, -0.25) is 4.90 Å². The van der Waals surface area contributed by atoms with E-state index in [4.69, 9.17) is 0 Å². The Hall–Kier alpha value is -1.64. The zero-order valence-electron chi connectivity index (χ0n) is 13.5. The third-order valence-electron chi connectivity index (χ3n) is 5.01. The van der Waals surface area contributed by atoms with Crippen LogP contribution in [0.1, 0.15) is 43.4 Å². The number of aliphatic hydroxyl groups is 1. The third-order valence-corrected chi connectivity index (χ3v) is 5.01. The highest BCUT2D eigenvalue weighted by Gasteiger charge is 2.45. The summed E-state index contributed by atoms with van der Waals surface area (Å²) in [7, 11) is 0. The molecule has 0 aromatic heterocycles. The van der Waals surface area contributed by atoms with Gasteiger partial charge in [0.15, 0.2) is 0 Å². The molecule has 0 saturated heterocycles. The van der Waals surface area contributed by atoms with E-state index in [0.29, 0.717) is 0 Å². The molecule has 1 heterocycles. The van der Waals surface area contributed by atoms with Crippen LogP contribution in [0.3, 0.4) is 0 Å². The van der Waals surface area contributed by atoms with E-state index >= 15 is 0 Å². The molecule has 0 saturated carbocycles. The van der Waals surface area contributed by atoms with Gasteiger partial charge in [-0.25, -0.2) is 0 Å². The molecule has 0 bridgehead atoms. The fraction of sp³-hybridized carbons (Fsp3) is 0.400. The van der Waals surface area contributed by atoms with Gasteiger partial charge in [-0.15, -0.1) is 0 Å². The molecule has 2 atom stereocenters. The van der Waals surface area contributed by atoms with Crippen LogP contribution in [0, 0.1) is 0 Å². The van der Waals surface area contributed by atoms with Crippen molar-refractivity contribution in [2.75, 3.05) is 0 Å². The van der Waals surface area contributed by atoms with Gasteiger partial charge in [-0.2, -0.15) is 0 Å². The molecule has 3 rings (SSSR count). The molecule has 2 heteroatoms. The van der Waals surface area contributed by atoms with Crippen molar-refractivity contribution in [1.29, 1.82) is 0 Å². The van der Waals surface area contributed by atoms with Crippen molar-refractivity contribution in [3.05, 3.63) is 71.3 Å². The second kappa shape index (κ2) is 6.23. The molecule has 0 fully saturated rings. The molecule has 0 radical (unpaired) electrons. The molecular weight excluding hydrogens is 270 g/mol. The summed E-state index contributed by atoms with van der Waals surface area (Å²) in [5, 5.41) is 10.9. The van der Waals surface area contributed by atoms with E-state index < -0.39 is 0 Å². The predicted octanol–water partition coefficient (Wildman–Crippen LogP) is 4.08. The van der Waals surface area contributed by atoms with Crippen LogP contribution in [0.4, 0.5) is 0 Å². The number of fused-ring (bicyclic) bond motifs is 1. The van der Waals surface area contributed by atoms with E-state index in [1.165, 1.54) is 16.7 Å². The molecular formula is C20H25NO. The maximum atomic E-state index is 10.9. The van der Waals surface area contributed by atoms with Crippen LogP contribution in [0.15, 0.2) is 54.6 Å². The number of rotatable bonds is 5. The largest absolute Gasteiger partial charge is 0.391 e. The minimum Gasteiger partial charge on any atom is -0.391 e. The average molecular weight is 295 g/mol. The Morgan fingerprint density at radius 3 is 2.50 bits per heavy atom. The summed E-state index contributed by atoms with van der Waals surface area (Å²) in [6.45, 7) is 6.10. The van der Waals surface area contributed by atoms with Crippen molar-refractivity contribution in [1.82, 2.24) is 4.90 Å². The van der Waals surface area contributed by atoms with Gasteiger partial charge in [0.2, 0.25) is 0 Å². The Morgan fingerprint density at radius 1 is 1.09 bits per heavy atom. The van der Waals surface area contributed by atoms with E-state index in [1.54, 1.807) is 0 Å². The van der Waals surface area contributed by atoms with Crippen LogP contribution >= 0.6 is 0 Å². The number of nitrogens with zero attached hydrogens (tertiary/aromatic N) is 1. The van der Waals surface area contributed by atoms with Crippen LogP contribution < -0.4 is 0 Å². The summed E-state index contributed by atoms with van der Waals surface area (Å²) in [6.07, 6.45) is 1.48. The zero-order valence-corrected chi connectivity index (χ0v) is 13.5. The summed E-state index contributed by atoms with van der Waals surface area (Å²) in [5.74, 6) is 0. The minimum absolute atomic E-state index is 0.303. The number of benzene rings is 2. The Morgan fingerprint density at radius 2 is 1.77 bits per heavy atom. The molecule has 0 amide bonds. The van der Waals surface area contributed by atoms with Crippen LogP contribution in [-0.2, 0) is 18.6 Å². The van der Waals surface area contributed by atoms with Crippen molar-refractivity contribution in [2.45, 2.75) is 51.4 Å². The Bertz CT molecular complexity index is 625.